The third-order valence-corrected chi connectivity index (χ3v) is 3.38. The summed E-state index contributed by atoms with van der Waals surface area (Å²) in [7, 11) is 0. The Kier molecular flexibility index (Phi) is 5.14. The fourth-order valence-electron chi connectivity index (χ4n) is 2.12. The third kappa shape index (κ3) is 3.02. The molecule has 104 valence electrons. The van der Waals surface area contributed by atoms with E-state index in [2.05, 4.69) is 5.32 Å². The second kappa shape index (κ2) is 6.18. The molecule has 18 heavy (non-hydrogen) atoms. The molecule has 5 nitrogen and oxygen atoms in total. The molecule has 1 saturated heterocycles. The predicted octanol–water partition coefficient (Wildman–Crippen LogP) is 0.929. The number of nitrogens with zero attached hydrogens (tertiary/aromatic N) is 1. The number of carbonyl (C=O) groups is 2. The van der Waals surface area contributed by atoms with Gasteiger partial charge >= 0.3 is 0 Å². The Labute approximate surface area is 109 Å². The Bertz CT molecular complexity index is 315. The maximum absolute atomic E-state index is 12.3. The minimum atomic E-state index is -0.769. The molecule has 0 saturated carbocycles. The van der Waals surface area contributed by atoms with Crippen molar-refractivity contribution >= 4 is 11.8 Å². The van der Waals surface area contributed by atoms with E-state index in [0.29, 0.717) is 26.2 Å². The van der Waals surface area contributed by atoms with Crippen molar-refractivity contribution in [2.24, 2.45) is 0 Å². The Morgan fingerprint density at radius 2 is 2.00 bits per heavy atom. The van der Waals surface area contributed by atoms with Gasteiger partial charge in [0.15, 0.2) is 0 Å². The first kappa shape index (κ1) is 15.0. The fourth-order valence-corrected chi connectivity index (χ4v) is 2.12. The first-order valence-corrected chi connectivity index (χ1v) is 6.65. The molecule has 0 aromatic carbocycles. The summed E-state index contributed by atoms with van der Waals surface area (Å²) in [5.74, 6) is -0.0658. The van der Waals surface area contributed by atoms with Gasteiger partial charge in [-0.1, -0.05) is 6.92 Å². The van der Waals surface area contributed by atoms with Crippen LogP contribution in [0, 0.1) is 0 Å². The van der Waals surface area contributed by atoms with Crippen molar-refractivity contribution in [2.45, 2.75) is 52.1 Å². The highest BCUT2D eigenvalue weighted by Gasteiger charge is 2.45. The van der Waals surface area contributed by atoms with Gasteiger partial charge in [-0.3, -0.25) is 9.59 Å². The molecule has 0 aliphatic carbocycles. The molecule has 1 atom stereocenters. The number of carbonyl (C=O) groups excluding carboxylic acids is 2. The summed E-state index contributed by atoms with van der Waals surface area (Å²) in [5, 5.41) is 2.78. The van der Waals surface area contributed by atoms with E-state index in [9.17, 15) is 9.59 Å². The van der Waals surface area contributed by atoms with Crippen LogP contribution in [0.15, 0.2) is 0 Å². The SMILES string of the molecule is CCOCCCN1C(=O)C(CC)NC(=O)C1(C)C. The van der Waals surface area contributed by atoms with E-state index in [0.717, 1.165) is 6.42 Å². The van der Waals surface area contributed by atoms with Crippen molar-refractivity contribution in [3.8, 4) is 0 Å². The molecule has 2 amide bonds. The maximum Gasteiger partial charge on any atom is 0.246 e. The zero-order chi connectivity index (χ0) is 13.8. The molecule has 1 rings (SSSR count). The summed E-state index contributed by atoms with van der Waals surface area (Å²) in [5.41, 5.74) is -0.769. The zero-order valence-corrected chi connectivity index (χ0v) is 11.8. The molecule has 5 heteroatoms. The van der Waals surface area contributed by atoms with E-state index in [-0.39, 0.29) is 17.9 Å². The van der Waals surface area contributed by atoms with E-state index in [1.807, 2.05) is 13.8 Å². The number of amides is 2. The minimum absolute atomic E-state index is 0.0126. The fraction of sp³-hybridized carbons (Fsp3) is 0.846. The van der Waals surface area contributed by atoms with Crippen LogP contribution < -0.4 is 5.32 Å². The first-order valence-electron chi connectivity index (χ1n) is 6.65. The molecule has 1 fully saturated rings. The minimum Gasteiger partial charge on any atom is -0.382 e. The quantitative estimate of drug-likeness (QED) is 0.719. The second-order valence-corrected chi connectivity index (χ2v) is 5.03. The highest BCUT2D eigenvalue weighted by molar-refractivity contribution is 5.99. The normalized spacial score (nSPS) is 23.1. The van der Waals surface area contributed by atoms with Crippen LogP contribution in [0.25, 0.3) is 0 Å². The zero-order valence-electron chi connectivity index (χ0n) is 11.8. The van der Waals surface area contributed by atoms with Crippen molar-refractivity contribution in [1.29, 1.82) is 0 Å². The monoisotopic (exact) mass is 256 g/mol. The van der Waals surface area contributed by atoms with Crippen LogP contribution in [0.1, 0.15) is 40.5 Å². The lowest BCUT2D eigenvalue weighted by atomic mass is 9.94. The van der Waals surface area contributed by atoms with Crippen LogP contribution in [0.2, 0.25) is 0 Å². The van der Waals surface area contributed by atoms with E-state index in [1.165, 1.54) is 0 Å². The van der Waals surface area contributed by atoms with Crippen molar-refractivity contribution < 1.29 is 14.3 Å². The van der Waals surface area contributed by atoms with Gasteiger partial charge in [-0.25, -0.2) is 0 Å². The Morgan fingerprint density at radius 1 is 1.33 bits per heavy atom. The molecule has 1 aliphatic rings. The Balaban J connectivity index is 2.69. The highest BCUT2D eigenvalue weighted by Crippen LogP contribution is 2.22. The summed E-state index contributed by atoms with van der Waals surface area (Å²) in [6.07, 6.45) is 1.38. The average Bonchev–Trinajstić information content (AvgIpc) is 2.33. The molecule has 0 aromatic rings. The molecule has 1 aliphatic heterocycles. The lowest BCUT2D eigenvalue weighted by Crippen LogP contribution is -2.68. The summed E-state index contributed by atoms with van der Waals surface area (Å²) >= 11 is 0. The van der Waals surface area contributed by atoms with Crippen molar-refractivity contribution in [3.63, 3.8) is 0 Å². The van der Waals surface area contributed by atoms with Crippen molar-refractivity contribution in [1.82, 2.24) is 10.2 Å². The van der Waals surface area contributed by atoms with E-state index in [4.69, 9.17) is 4.74 Å². The van der Waals surface area contributed by atoms with Crippen LogP contribution >= 0.6 is 0 Å². The van der Waals surface area contributed by atoms with Gasteiger partial charge in [0.1, 0.15) is 11.6 Å². The molecule has 0 aromatic heterocycles. The van der Waals surface area contributed by atoms with Gasteiger partial charge in [0.2, 0.25) is 11.8 Å². The summed E-state index contributed by atoms with van der Waals surface area (Å²) < 4.78 is 5.27. The topological polar surface area (TPSA) is 58.6 Å². The van der Waals surface area contributed by atoms with Gasteiger partial charge in [-0.15, -0.1) is 0 Å². The van der Waals surface area contributed by atoms with Crippen molar-refractivity contribution in [2.75, 3.05) is 19.8 Å². The van der Waals surface area contributed by atoms with Crippen LogP contribution in [-0.4, -0.2) is 48.1 Å². The Morgan fingerprint density at radius 3 is 2.56 bits per heavy atom. The smallest absolute Gasteiger partial charge is 0.246 e. The van der Waals surface area contributed by atoms with Gasteiger partial charge in [0.05, 0.1) is 0 Å². The van der Waals surface area contributed by atoms with Crippen LogP contribution in [0.5, 0.6) is 0 Å². The largest absolute Gasteiger partial charge is 0.382 e. The number of rotatable bonds is 6. The number of ether oxygens (including phenoxy) is 1. The van der Waals surface area contributed by atoms with Gasteiger partial charge in [0, 0.05) is 19.8 Å². The van der Waals surface area contributed by atoms with Crippen LogP contribution in [0.3, 0.4) is 0 Å². The van der Waals surface area contributed by atoms with Crippen molar-refractivity contribution in [3.05, 3.63) is 0 Å². The third-order valence-electron chi connectivity index (χ3n) is 3.38. The molecule has 0 spiro atoms. The standard InChI is InChI=1S/C13H24N2O3/c1-5-10-11(16)15(8-7-9-18-6-2)13(3,4)12(17)14-10/h10H,5-9H2,1-4H3,(H,14,17). The molecule has 0 radical (unpaired) electrons. The van der Waals surface area contributed by atoms with Gasteiger partial charge in [0.25, 0.3) is 0 Å². The van der Waals surface area contributed by atoms with Crippen LogP contribution in [-0.2, 0) is 14.3 Å². The second-order valence-electron chi connectivity index (χ2n) is 5.03. The summed E-state index contributed by atoms with van der Waals surface area (Å²) in [6.45, 7) is 9.27. The molecule has 0 bridgehead atoms. The molecule has 1 N–H and O–H groups in total. The molecule has 1 heterocycles. The lowest BCUT2D eigenvalue weighted by Gasteiger charge is -2.44. The van der Waals surface area contributed by atoms with E-state index < -0.39 is 5.54 Å². The predicted molar refractivity (Wildman–Crippen MR) is 69.1 cm³/mol. The molecule has 1 unspecified atom stereocenters. The molecular formula is C13H24N2O3. The van der Waals surface area contributed by atoms with Crippen LogP contribution in [0.4, 0.5) is 0 Å². The number of hydrogen-bond acceptors (Lipinski definition) is 3. The summed E-state index contributed by atoms with van der Waals surface area (Å²) in [4.78, 5) is 25.9. The van der Waals surface area contributed by atoms with E-state index >= 15 is 0 Å². The number of piperazine rings is 1. The highest BCUT2D eigenvalue weighted by atomic mass is 16.5. The number of hydrogen-bond donors (Lipinski definition) is 1. The first-order chi connectivity index (χ1) is 8.45. The lowest BCUT2D eigenvalue weighted by molar-refractivity contribution is -0.155. The van der Waals surface area contributed by atoms with Gasteiger partial charge < -0.3 is 15.0 Å². The van der Waals surface area contributed by atoms with Gasteiger partial charge in [-0.2, -0.15) is 0 Å². The molecular weight excluding hydrogens is 232 g/mol. The average molecular weight is 256 g/mol. The summed E-state index contributed by atoms with van der Waals surface area (Å²) in [6, 6.07) is -0.377. The van der Waals surface area contributed by atoms with Gasteiger partial charge in [-0.05, 0) is 33.6 Å². The van der Waals surface area contributed by atoms with E-state index in [1.54, 1.807) is 18.7 Å². The maximum atomic E-state index is 12.3. The number of nitrogens with one attached hydrogen (secondary N) is 1. The Hall–Kier alpha value is -1.10.